The molecule has 0 spiro atoms. The van der Waals surface area contributed by atoms with Gasteiger partial charge in [-0.05, 0) is 82.0 Å². The number of methoxy groups -OCH3 is 1. The van der Waals surface area contributed by atoms with Crippen molar-refractivity contribution in [3.8, 4) is 5.75 Å². The number of carbonyl (C=O) groups is 1. The number of aromatic carboxylic acids is 1. The van der Waals surface area contributed by atoms with Crippen LogP contribution in [0.2, 0.25) is 5.02 Å². The highest BCUT2D eigenvalue weighted by molar-refractivity contribution is 6.31. The van der Waals surface area contributed by atoms with E-state index in [-0.39, 0.29) is 5.56 Å². The summed E-state index contributed by atoms with van der Waals surface area (Å²) < 4.78 is 5.25. The van der Waals surface area contributed by atoms with Crippen LogP contribution >= 0.6 is 11.6 Å². The molecule has 5 nitrogen and oxygen atoms in total. The first-order chi connectivity index (χ1) is 14.8. The van der Waals surface area contributed by atoms with Gasteiger partial charge in [-0.2, -0.15) is 0 Å². The minimum Gasteiger partial charge on any atom is -0.497 e. The highest BCUT2D eigenvalue weighted by Crippen LogP contribution is 2.34. The van der Waals surface area contributed by atoms with Gasteiger partial charge in [0, 0.05) is 35.9 Å². The second-order valence-corrected chi connectivity index (χ2v) is 8.85. The number of hydrogen-bond donors (Lipinski definition) is 1. The Hall–Kier alpha value is -2.24. The second kappa shape index (κ2) is 10.4. The van der Waals surface area contributed by atoms with Crippen molar-refractivity contribution in [3.05, 3.63) is 58.1 Å². The molecule has 0 aromatic heterocycles. The maximum absolute atomic E-state index is 11.6. The molecular weight excluding hydrogens is 412 g/mol. The highest BCUT2D eigenvalue weighted by Gasteiger charge is 2.29. The number of carboxylic acid groups (broad SMARTS) is 1. The summed E-state index contributed by atoms with van der Waals surface area (Å²) in [5.74, 6) is -0.0462. The first-order valence-electron chi connectivity index (χ1n) is 11.0. The maximum atomic E-state index is 11.6. The van der Waals surface area contributed by atoms with E-state index >= 15 is 0 Å². The molecule has 0 atom stereocenters. The second-order valence-electron chi connectivity index (χ2n) is 8.41. The summed E-state index contributed by atoms with van der Waals surface area (Å²) >= 11 is 6.26. The standard InChI is InChI=1S/C25H33ClN2O3/c1-5-28(24-15-19(26)14-23(17(24)2)25(29)30)21-10-8-20(9-11-21)27(3)16-18-6-12-22(31-4)13-7-18/h6-7,12-15,20-21H,5,8-11,16H2,1-4H3,(H,29,30). The highest BCUT2D eigenvalue weighted by atomic mass is 35.5. The van der Waals surface area contributed by atoms with E-state index in [1.807, 2.05) is 25.1 Å². The third-order valence-corrected chi connectivity index (χ3v) is 6.77. The Labute approximate surface area is 190 Å². The summed E-state index contributed by atoms with van der Waals surface area (Å²) in [5.41, 5.74) is 3.31. The first-order valence-corrected chi connectivity index (χ1v) is 11.3. The molecule has 1 N–H and O–H groups in total. The van der Waals surface area contributed by atoms with Crippen molar-refractivity contribution < 1.29 is 14.6 Å². The van der Waals surface area contributed by atoms with E-state index < -0.39 is 5.97 Å². The average molecular weight is 445 g/mol. The van der Waals surface area contributed by atoms with E-state index in [9.17, 15) is 9.90 Å². The Morgan fingerprint density at radius 2 is 1.74 bits per heavy atom. The van der Waals surface area contributed by atoms with Crippen LogP contribution in [0.1, 0.15) is 54.1 Å². The van der Waals surface area contributed by atoms with Gasteiger partial charge < -0.3 is 14.7 Å². The van der Waals surface area contributed by atoms with Crippen LogP contribution in [0.15, 0.2) is 36.4 Å². The quantitative estimate of drug-likeness (QED) is 0.572. The van der Waals surface area contributed by atoms with Crippen LogP contribution in [0.3, 0.4) is 0 Å². The van der Waals surface area contributed by atoms with Crippen molar-refractivity contribution in [2.75, 3.05) is 25.6 Å². The van der Waals surface area contributed by atoms with Gasteiger partial charge in [-0.1, -0.05) is 23.7 Å². The van der Waals surface area contributed by atoms with Gasteiger partial charge in [-0.15, -0.1) is 0 Å². The van der Waals surface area contributed by atoms with Crippen LogP contribution in [0.4, 0.5) is 5.69 Å². The fraction of sp³-hybridized carbons (Fsp3) is 0.480. The molecule has 0 unspecified atom stereocenters. The Morgan fingerprint density at radius 3 is 2.29 bits per heavy atom. The molecule has 1 aliphatic carbocycles. The van der Waals surface area contributed by atoms with E-state index in [4.69, 9.17) is 16.3 Å². The molecule has 2 aromatic rings. The monoisotopic (exact) mass is 444 g/mol. The van der Waals surface area contributed by atoms with Crippen LogP contribution in [0.25, 0.3) is 0 Å². The molecule has 1 saturated carbocycles. The van der Waals surface area contributed by atoms with Gasteiger partial charge in [-0.25, -0.2) is 4.79 Å². The van der Waals surface area contributed by atoms with Gasteiger partial charge in [0.25, 0.3) is 0 Å². The predicted octanol–water partition coefficient (Wildman–Crippen LogP) is 5.62. The molecule has 31 heavy (non-hydrogen) atoms. The van der Waals surface area contributed by atoms with Gasteiger partial charge in [0.1, 0.15) is 5.75 Å². The number of benzene rings is 2. The summed E-state index contributed by atoms with van der Waals surface area (Å²) in [7, 11) is 3.89. The van der Waals surface area contributed by atoms with Crippen LogP contribution in [-0.2, 0) is 6.54 Å². The Balaban J connectivity index is 1.65. The number of nitrogens with zero attached hydrogens (tertiary/aromatic N) is 2. The normalized spacial score (nSPS) is 18.8. The van der Waals surface area contributed by atoms with Gasteiger partial charge in [0.05, 0.1) is 12.7 Å². The SMILES string of the molecule is CCN(c1cc(Cl)cc(C(=O)O)c1C)C1CCC(N(C)Cc2ccc(OC)cc2)CC1. The molecule has 1 aliphatic rings. The van der Waals surface area contributed by atoms with Crippen molar-refractivity contribution >= 4 is 23.3 Å². The van der Waals surface area contributed by atoms with Gasteiger partial charge in [0.2, 0.25) is 0 Å². The maximum Gasteiger partial charge on any atom is 0.336 e. The minimum absolute atomic E-state index is 0.286. The van der Waals surface area contributed by atoms with Crippen molar-refractivity contribution in [2.45, 2.75) is 58.2 Å². The number of hydrogen-bond acceptors (Lipinski definition) is 4. The number of anilines is 1. The molecule has 0 heterocycles. The summed E-state index contributed by atoms with van der Waals surface area (Å²) in [6, 6.07) is 12.7. The summed E-state index contributed by atoms with van der Waals surface area (Å²) in [4.78, 5) is 16.4. The Kier molecular flexibility index (Phi) is 7.84. The van der Waals surface area contributed by atoms with Crippen molar-refractivity contribution in [1.82, 2.24) is 4.90 Å². The lowest BCUT2D eigenvalue weighted by molar-refractivity contribution is 0.0696. The lowest BCUT2D eigenvalue weighted by Crippen LogP contribution is -2.43. The fourth-order valence-electron chi connectivity index (χ4n) is 4.77. The molecule has 1 fully saturated rings. The third-order valence-electron chi connectivity index (χ3n) is 6.55. The summed E-state index contributed by atoms with van der Waals surface area (Å²) in [6.07, 6.45) is 4.41. The molecule has 0 saturated heterocycles. The molecule has 2 aromatic carbocycles. The van der Waals surface area contributed by atoms with Crippen LogP contribution in [0.5, 0.6) is 5.75 Å². The zero-order chi connectivity index (χ0) is 22.5. The molecular formula is C25H33ClN2O3. The van der Waals surface area contributed by atoms with Crippen LogP contribution in [-0.4, -0.2) is 48.8 Å². The zero-order valence-corrected chi connectivity index (χ0v) is 19.7. The summed E-state index contributed by atoms with van der Waals surface area (Å²) in [5, 5.41) is 10.0. The zero-order valence-electron chi connectivity index (χ0n) is 18.9. The number of carboxylic acids is 1. The van der Waals surface area contributed by atoms with Crippen LogP contribution < -0.4 is 9.64 Å². The number of halogens is 1. The smallest absolute Gasteiger partial charge is 0.336 e. The first kappa shape index (κ1) is 23.4. The lowest BCUT2D eigenvalue weighted by atomic mass is 9.88. The van der Waals surface area contributed by atoms with E-state index in [0.29, 0.717) is 17.1 Å². The fourth-order valence-corrected chi connectivity index (χ4v) is 4.98. The topological polar surface area (TPSA) is 53.0 Å². The van der Waals surface area contributed by atoms with E-state index in [2.05, 4.69) is 35.9 Å². The largest absolute Gasteiger partial charge is 0.497 e. The van der Waals surface area contributed by atoms with Gasteiger partial charge >= 0.3 is 5.97 Å². The summed E-state index contributed by atoms with van der Waals surface area (Å²) in [6.45, 7) is 5.76. The molecule has 0 radical (unpaired) electrons. The van der Waals surface area contributed by atoms with Gasteiger partial charge in [0.15, 0.2) is 0 Å². The Morgan fingerprint density at radius 1 is 1.13 bits per heavy atom. The molecule has 6 heteroatoms. The lowest BCUT2D eigenvalue weighted by Gasteiger charge is -2.41. The molecule has 3 rings (SSSR count). The molecule has 0 amide bonds. The third kappa shape index (κ3) is 5.52. The Bertz CT molecular complexity index is 892. The minimum atomic E-state index is -0.929. The van der Waals surface area contributed by atoms with E-state index in [1.54, 1.807) is 13.2 Å². The van der Waals surface area contributed by atoms with E-state index in [0.717, 1.165) is 55.8 Å². The molecule has 0 aliphatic heterocycles. The predicted molar refractivity (Wildman–Crippen MR) is 127 cm³/mol. The van der Waals surface area contributed by atoms with Crippen LogP contribution in [0, 0.1) is 6.92 Å². The van der Waals surface area contributed by atoms with Crippen molar-refractivity contribution in [1.29, 1.82) is 0 Å². The van der Waals surface area contributed by atoms with Crippen molar-refractivity contribution in [3.63, 3.8) is 0 Å². The van der Waals surface area contributed by atoms with Gasteiger partial charge in [-0.3, -0.25) is 4.90 Å². The average Bonchev–Trinajstić information content (AvgIpc) is 2.77. The number of rotatable bonds is 8. The number of ether oxygens (including phenoxy) is 1. The molecule has 168 valence electrons. The molecule has 0 bridgehead atoms. The van der Waals surface area contributed by atoms with Crippen molar-refractivity contribution in [2.24, 2.45) is 0 Å². The van der Waals surface area contributed by atoms with E-state index in [1.165, 1.54) is 5.56 Å².